The molecule has 2 rings (SSSR count). The van der Waals surface area contributed by atoms with Crippen molar-refractivity contribution in [1.82, 2.24) is 25.1 Å². The lowest BCUT2D eigenvalue weighted by molar-refractivity contribution is 0.394. The predicted octanol–water partition coefficient (Wildman–Crippen LogP) is 2.18. The summed E-state index contributed by atoms with van der Waals surface area (Å²) < 4.78 is 7.16. The van der Waals surface area contributed by atoms with Crippen molar-refractivity contribution in [3.8, 4) is 5.88 Å². The second kappa shape index (κ2) is 7.73. The van der Waals surface area contributed by atoms with Gasteiger partial charge in [-0.25, -0.2) is 9.97 Å². The summed E-state index contributed by atoms with van der Waals surface area (Å²) in [5.41, 5.74) is 2.00. The van der Waals surface area contributed by atoms with Crippen molar-refractivity contribution in [2.45, 2.75) is 39.3 Å². The number of ether oxygens (including phenoxy) is 1. The molecule has 114 valence electrons. The van der Waals surface area contributed by atoms with Gasteiger partial charge in [-0.05, 0) is 19.4 Å². The maximum atomic E-state index is 5.19. The molecule has 0 radical (unpaired) electrons. The average molecular weight is 289 g/mol. The highest BCUT2D eigenvalue weighted by molar-refractivity contribution is 5.26. The molecule has 0 aliphatic rings. The van der Waals surface area contributed by atoms with Crippen LogP contribution in [0.2, 0.25) is 0 Å². The molecule has 0 aliphatic heterocycles. The first-order chi connectivity index (χ1) is 10.3. The fourth-order valence-corrected chi connectivity index (χ4v) is 2.18. The summed E-state index contributed by atoms with van der Waals surface area (Å²) in [6, 6.07) is 1.87. The van der Waals surface area contributed by atoms with E-state index in [1.807, 2.05) is 16.9 Å². The Balaban J connectivity index is 2.27. The Morgan fingerprint density at radius 1 is 1.29 bits per heavy atom. The Hall–Kier alpha value is -1.95. The summed E-state index contributed by atoms with van der Waals surface area (Å²) in [6.07, 6.45) is 7.63. The summed E-state index contributed by atoms with van der Waals surface area (Å²) in [7, 11) is 1.61. The molecule has 1 N–H and O–H groups in total. The number of rotatable bonds is 8. The van der Waals surface area contributed by atoms with E-state index < -0.39 is 0 Å². The van der Waals surface area contributed by atoms with Crippen molar-refractivity contribution < 1.29 is 4.74 Å². The molecule has 6 heteroatoms. The topological polar surface area (TPSA) is 64.9 Å². The van der Waals surface area contributed by atoms with Crippen molar-refractivity contribution in [2.75, 3.05) is 13.7 Å². The van der Waals surface area contributed by atoms with E-state index in [9.17, 15) is 0 Å². The fraction of sp³-hybridized carbons (Fsp3) is 0.533. The van der Waals surface area contributed by atoms with Crippen LogP contribution in [-0.4, -0.2) is 33.4 Å². The first-order valence-corrected chi connectivity index (χ1v) is 7.40. The molecule has 2 heterocycles. The van der Waals surface area contributed by atoms with Gasteiger partial charge in [-0.1, -0.05) is 13.8 Å². The number of nitrogens with one attached hydrogen (secondary N) is 1. The van der Waals surface area contributed by atoms with Gasteiger partial charge in [-0.2, -0.15) is 5.10 Å². The second-order valence-electron chi connectivity index (χ2n) is 4.91. The smallest absolute Gasteiger partial charge is 0.216 e. The fourth-order valence-electron chi connectivity index (χ4n) is 2.18. The van der Waals surface area contributed by atoms with Gasteiger partial charge in [0.05, 0.1) is 25.0 Å². The van der Waals surface area contributed by atoms with Crippen molar-refractivity contribution in [2.24, 2.45) is 0 Å². The number of aryl methyl sites for hydroxylation is 1. The molecular formula is C15H23N5O. The number of methoxy groups -OCH3 is 1. The normalized spacial score (nSPS) is 12.3. The lowest BCUT2D eigenvalue weighted by Gasteiger charge is -2.16. The van der Waals surface area contributed by atoms with Gasteiger partial charge < -0.3 is 10.1 Å². The minimum Gasteiger partial charge on any atom is -0.481 e. The minimum atomic E-state index is 0.00690. The molecule has 0 saturated carbocycles. The van der Waals surface area contributed by atoms with E-state index in [-0.39, 0.29) is 6.04 Å². The van der Waals surface area contributed by atoms with E-state index >= 15 is 0 Å². The highest BCUT2D eigenvalue weighted by Gasteiger charge is 2.17. The van der Waals surface area contributed by atoms with Crippen LogP contribution in [0.3, 0.4) is 0 Å². The number of hydrogen-bond acceptors (Lipinski definition) is 5. The number of nitrogens with zero attached hydrogens (tertiary/aromatic N) is 4. The van der Waals surface area contributed by atoms with Crippen LogP contribution in [0.25, 0.3) is 0 Å². The molecule has 1 unspecified atom stereocenters. The SMILES string of the molecule is CCCNC(c1cnn(CCC)c1)c1cc(OC)ncn1. The van der Waals surface area contributed by atoms with Crippen LogP contribution in [-0.2, 0) is 6.54 Å². The predicted molar refractivity (Wildman–Crippen MR) is 81.2 cm³/mol. The monoisotopic (exact) mass is 289 g/mol. The lowest BCUT2D eigenvalue weighted by atomic mass is 10.1. The molecule has 0 aliphatic carbocycles. The Morgan fingerprint density at radius 2 is 2.14 bits per heavy atom. The van der Waals surface area contributed by atoms with Gasteiger partial charge in [0.25, 0.3) is 0 Å². The van der Waals surface area contributed by atoms with E-state index in [1.165, 1.54) is 6.33 Å². The molecule has 6 nitrogen and oxygen atoms in total. The van der Waals surface area contributed by atoms with E-state index in [4.69, 9.17) is 4.74 Å². The van der Waals surface area contributed by atoms with Crippen LogP contribution in [0.5, 0.6) is 5.88 Å². The van der Waals surface area contributed by atoms with Gasteiger partial charge in [0.1, 0.15) is 6.33 Å². The zero-order valence-electron chi connectivity index (χ0n) is 12.9. The highest BCUT2D eigenvalue weighted by atomic mass is 16.5. The molecular weight excluding hydrogens is 266 g/mol. The van der Waals surface area contributed by atoms with Gasteiger partial charge in [0.2, 0.25) is 5.88 Å². The van der Waals surface area contributed by atoms with E-state index in [0.29, 0.717) is 5.88 Å². The van der Waals surface area contributed by atoms with Crippen LogP contribution in [0.15, 0.2) is 24.8 Å². The molecule has 0 bridgehead atoms. The summed E-state index contributed by atoms with van der Waals surface area (Å²) in [5, 5.41) is 7.91. The number of aromatic nitrogens is 4. The van der Waals surface area contributed by atoms with Crippen molar-refractivity contribution in [3.05, 3.63) is 36.0 Å². The molecule has 0 saturated heterocycles. The summed E-state index contributed by atoms with van der Waals surface area (Å²) in [6.45, 7) is 6.12. The van der Waals surface area contributed by atoms with Crippen LogP contribution in [0.4, 0.5) is 0 Å². The third-order valence-corrected chi connectivity index (χ3v) is 3.21. The summed E-state index contributed by atoms with van der Waals surface area (Å²) >= 11 is 0. The first-order valence-electron chi connectivity index (χ1n) is 7.40. The van der Waals surface area contributed by atoms with Gasteiger partial charge in [0.15, 0.2) is 0 Å². The molecule has 0 amide bonds. The van der Waals surface area contributed by atoms with Crippen LogP contribution >= 0.6 is 0 Å². The third-order valence-electron chi connectivity index (χ3n) is 3.21. The molecule has 2 aromatic heterocycles. The molecule has 1 atom stereocenters. The minimum absolute atomic E-state index is 0.00690. The molecule has 2 aromatic rings. The quantitative estimate of drug-likeness (QED) is 0.807. The Morgan fingerprint density at radius 3 is 2.86 bits per heavy atom. The molecule has 0 fully saturated rings. The van der Waals surface area contributed by atoms with Crippen LogP contribution in [0, 0.1) is 0 Å². The second-order valence-corrected chi connectivity index (χ2v) is 4.91. The zero-order chi connectivity index (χ0) is 15.1. The van der Waals surface area contributed by atoms with Gasteiger partial charge in [-0.15, -0.1) is 0 Å². The van der Waals surface area contributed by atoms with Crippen LogP contribution in [0.1, 0.15) is 44.0 Å². The number of hydrogen-bond donors (Lipinski definition) is 1. The standard InChI is InChI=1S/C15H23N5O/c1-4-6-16-15(12-9-19-20(10-12)7-5-2)13-8-14(21-3)18-11-17-13/h8-11,15-16H,4-7H2,1-3H3. The van der Waals surface area contributed by atoms with Crippen molar-refractivity contribution >= 4 is 0 Å². The highest BCUT2D eigenvalue weighted by Crippen LogP contribution is 2.22. The van der Waals surface area contributed by atoms with Gasteiger partial charge in [-0.3, -0.25) is 4.68 Å². The lowest BCUT2D eigenvalue weighted by Crippen LogP contribution is -2.24. The Labute approximate surface area is 125 Å². The zero-order valence-corrected chi connectivity index (χ0v) is 12.9. The molecule has 0 aromatic carbocycles. The summed E-state index contributed by atoms with van der Waals surface area (Å²) in [5.74, 6) is 0.573. The van der Waals surface area contributed by atoms with E-state index in [0.717, 1.165) is 37.2 Å². The molecule has 21 heavy (non-hydrogen) atoms. The van der Waals surface area contributed by atoms with Crippen molar-refractivity contribution in [3.63, 3.8) is 0 Å². The van der Waals surface area contributed by atoms with Gasteiger partial charge in [0, 0.05) is 24.4 Å². The van der Waals surface area contributed by atoms with Crippen molar-refractivity contribution in [1.29, 1.82) is 0 Å². The first kappa shape index (κ1) is 15.4. The van der Waals surface area contributed by atoms with Crippen LogP contribution < -0.4 is 10.1 Å². The maximum absolute atomic E-state index is 5.19. The van der Waals surface area contributed by atoms with E-state index in [1.54, 1.807) is 7.11 Å². The Bertz CT molecular complexity index is 555. The summed E-state index contributed by atoms with van der Waals surface area (Å²) in [4.78, 5) is 8.45. The van der Waals surface area contributed by atoms with Gasteiger partial charge >= 0.3 is 0 Å². The van der Waals surface area contributed by atoms with E-state index in [2.05, 4.69) is 40.4 Å². The average Bonchev–Trinajstić information content (AvgIpc) is 2.97. The third kappa shape index (κ3) is 4.01. The maximum Gasteiger partial charge on any atom is 0.216 e. The largest absolute Gasteiger partial charge is 0.481 e. The Kier molecular flexibility index (Phi) is 5.68. The molecule has 0 spiro atoms.